The summed E-state index contributed by atoms with van der Waals surface area (Å²) in [5, 5.41) is 9.75. The van der Waals surface area contributed by atoms with Crippen molar-refractivity contribution in [3.05, 3.63) is 60.8 Å². The molecule has 0 saturated carbocycles. The molecule has 12 heteroatoms. The molecule has 0 bridgehead atoms. The first-order chi connectivity index (χ1) is 31.2. The molecule has 0 aliphatic carbocycles. The summed E-state index contributed by atoms with van der Waals surface area (Å²) >= 11 is 0. The molecule has 3 unspecified atom stereocenters. The Morgan fingerprint density at radius 3 is 1.31 bits per heavy atom. The number of esters is 3. The number of ether oxygens (including phenoxy) is 3. The second kappa shape index (κ2) is 46.7. The van der Waals surface area contributed by atoms with Gasteiger partial charge in [0.1, 0.15) is 12.7 Å². The van der Waals surface area contributed by atoms with Gasteiger partial charge in [-0.25, -0.2) is 4.57 Å². The van der Waals surface area contributed by atoms with Gasteiger partial charge in [-0.05, 0) is 83.5 Å². The second-order valence-corrected chi connectivity index (χ2v) is 18.1. The highest BCUT2D eigenvalue weighted by Crippen LogP contribution is 2.43. The summed E-state index contributed by atoms with van der Waals surface area (Å²) in [5.41, 5.74) is 0. The summed E-state index contributed by atoms with van der Waals surface area (Å²) in [6.45, 7) is 4.41. The average Bonchev–Trinajstić information content (AvgIpc) is 3.28. The van der Waals surface area contributed by atoms with Crippen molar-refractivity contribution in [2.24, 2.45) is 0 Å². The normalized spacial score (nSPS) is 14.0. The number of rotatable bonds is 46. The van der Waals surface area contributed by atoms with Crippen LogP contribution in [0.25, 0.3) is 0 Å². The van der Waals surface area contributed by atoms with Gasteiger partial charge in [-0.15, -0.1) is 0 Å². The van der Waals surface area contributed by atoms with Crippen molar-refractivity contribution in [1.82, 2.24) is 0 Å². The third-order valence-corrected chi connectivity index (χ3v) is 11.4. The van der Waals surface area contributed by atoms with Crippen molar-refractivity contribution < 1.29 is 52.2 Å². The van der Waals surface area contributed by atoms with Crippen molar-refractivity contribution in [3.63, 3.8) is 0 Å². The lowest BCUT2D eigenvalue weighted by Gasteiger charge is -2.21. The summed E-state index contributed by atoms with van der Waals surface area (Å²) in [7, 11) is -4.75. The number of aliphatic hydroxyl groups is 1. The quantitative estimate of drug-likeness (QED) is 0.0197. The molecule has 0 rings (SSSR count). The van der Waals surface area contributed by atoms with Crippen LogP contribution in [0.15, 0.2) is 60.8 Å². The zero-order chi connectivity index (χ0) is 47.0. The number of phosphoric acid groups is 1. The highest BCUT2D eigenvalue weighted by molar-refractivity contribution is 7.47. The number of carbonyl (C=O) groups is 3. The summed E-state index contributed by atoms with van der Waals surface area (Å²) < 4.78 is 39.2. The van der Waals surface area contributed by atoms with E-state index in [2.05, 4.69) is 81.5 Å². The lowest BCUT2D eigenvalue weighted by Crippen LogP contribution is -2.30. The molecule has 11 nitrogen and oxygen atoms in total. The largest absolute Gasteiger partial charge is 0.472 e. The minimum Gasteiger partial charge on any atom is -0.462 e. The minimum atomic E-state index is -4.75. The van der Waals surface area contributed by atoms with Crippen LogP contribution in [-0.4, -0.2) is 66.5 Å². The Labute approximate surface area is 389 Å². The molecule has 0 aromatic heterocycles. The lowest BCUT2D eigenvalue weighted by molar-refractivity contribution is -0.161. The van der Waals surface area contributed by atoms with Crippen LogP contribution in [0, 0.1) is 0 Å². The third-order valence-electron chi connectivity index (χ3n) is 10.4. The minimum absolute atomic E-state index is 0.115. The van der Waals surface area contributed by atoms with Crippen molar-refractivity contribution in [2.75, 3.05) is 26.4 Å². The fraction of sp³-hybridized carbons (Fsp3) is 0.750. The van der Waals surface area contributed by atoms with Gasteiger partial charge in [-0.2, -0.15) is 0 Å². The smallest absolute Gasteiger partial charge is 0.462 e. The van der Waals surface area contributed by atoms with E-state index < -0.39 is 57.8 Å². The maximum Gasteiger partial charge on any atom is 0.472 e. The van der Waals surface area contributed by atoms with Crippen LogP contribution in [0.4, 0.5) is 0 Å². The van der Waals surface area contributed by atoms with E-state index in [-0.39, 0.29) is 25.9 Å². The number of aliphatic hydroxyl groups excluding tert-OH is 1. The lowest BCUT2D eigenvalue weighted by atomic mass is 10.1. The number of hydrogen-bond donors (Lipinski definition) is 2. The predicted molar refractivity (Wildman–Crippen MR) is 261 cm³/mol. The van der Waals surface area contributed by atoms with Gasteiger partial charge < -0.3 is 24.2 Å². The molecule has 0 aliphatic heterocycles. The van der Waals surface area contributed by atoms with Gasteiger partial charge in [0, 0.05) is 19.3 Å². The second-order valence-electron chi connectivity index (χ2n) is 16.6. The molecule has 64 heavy (non-hydrogen) atoms. The number of phosphoric ester groups is 1. The van der Waals surface area contributed by atoms with Crippen molar-refractivity contribution in [2.45, 2.75) is 226 Å². The fourth-order valence-corrected chi connectivity index (χ4v) is 7.36. The van der Waals surface area contributed by atoms with Gasteiger partial charge in [-0.3, -0.25) is 23.4 Å². The molecular weight excluding hydrogens is 832 g/mol. The van der Waals surface area contributed by atoms with E-state index in [1.807, 2.05) is 0 Å². The zero-order valence-corrected chi connectivity index (χ0v) is 41.4. The van der Waals surface area contributed by atoms with E-state index in [1.54, 1.807) is 0 Å². The van der Waals surface area contributed by atoms with Crippen LogP contribution in [-0.2, 0) is 42.2 Å². The van der Waals surface area contributed by atoms with Crippen LogP contribution in [0.2, 0.25) is 0 Å². The Bertz CT molecular complexity index is 1310. The Kier molecular flexibility index (Phi) is 44.6. The van der Waals surface area contributed by atoms with E-state index in [0.29, 0.717) is 19.3 Å². The molecule has 0 fully saturated rings. The van der Waals surface area contributed by atoms with Crippen molar-refractivity contribution in [3.8, 4) is 0 Å². The van der Waals surface area contributed by atoms with Crippen LogP contribution in [0.5, 0.6) is 0 Å². The van der Waals surface area contributed by atoms with E-state index >= 15 is 0 Å². The molecule has 0 aromatic rings. The Hall–Kier alpha value is -2.82. The summed E-state index contributed by atoms with van der Waals surface area (Å²) in [4.78, 5) is 48.1. The molecule has 0 radical (unpaired) electrons. The van der Waals surface area contributed by atoms with Gasteiger partial charge in [0.2, 0.25) is 0 Å². The maximum atomic E-state index is 12.8. The van der Waals surface area contributed by atoms with Crippen molar-refractivity contribution >= 4 is 25.7 Å². The first kappa shape index (κ1) is 61.2. The molecule has 0 aliphatic rings. The summed E-state index contributed by atoms with van der Waals surface area (Å²) in [5.74, 6) is -1.53. The summed E-state index contributed by atoms with van der Waals surface area (Å²) in [6, 6.07) is 0. The first-order valence-corrected chi connectivity index (χ1v) is 26.7. The number of hydrogen-bond acceptors (Lipinski definition) is 10. The molecule has 370 valence electrons. The van der Waals surface area contributed by atoms with Gasteiger partial charge in [0.05, 0.1) is 19.8 Å². The molecule has 0 spiro atoms. The topological polar surface area (TPSA) is 155 Å². The molecule has 0 amide bonds. The molecular formula is C52H91O11P. The first-order valence-electron chi connectivity index (χ1n) is 25.2. The van der Waals surface area contributed by atoms with E-state index in [1.165, 1.54) is 57.8 Å². The van der Waals surface area contributed by atoms with E-state index in [4.69, 9.17) is 23.3 Å². The van der Waals surface area contributed by atoms with Crippen molar-refractivity contribution in [1.29, 1.82) is 0 Å². The molecule has 0 aromatic carbocycles. The van der Waals surface area contributed by atoms with Crippen LogP contribution < -0.4 is 0 Å². The molecule has 2 N–H and O–H groups in total. The van der Waals surface area contributed by atoms with E-state index in [0.717, 1.165) is 96.3 Å². The third kappa shape index (κ3) is 44.4. The Morgan fingerprint density at radius 1 is 0.453 bits per heavy atom. The molecule has 0 heterocycles. The number of unbranched alkanes of at least 4 members (excludes halogenated alkanes) is 19. The van der Waals surface area contributed by atoms with Gasteiger partial charge >= 0.3 is 25.7 Å². The van der Waals surface area contributed by atoms with E-state index in [9.17, 15) is 28.9 Å². The average molecular weight is 923 g/mol. The highest BCUT2D eigenvalue weighted by atomic mass is 31.2. The summed E-state index contributed by atoms with van der Waals surface area (Å²) in [6.07, 6.45) is 47.7. The number of carbonyl (C=O) groups excluding carboxylic acids is 3. The van der Waals surface area contributed by atoms with Gasteiger partial charge in [0.15, 0.2) is 6.10 Å². The maximum absolute atomic E-state index is 12.8. The van der Waals surface area contributed by atoms with Crippen LogP contribution in [0.1, 0.15) is 213 Å². The van der Waals surface area contributed by atoms with Crippen LogP contribution in [0.3, 0.4) is 0 Å². The fourth-order valence-electron chi connectivity index (χ4n) is 6.58. The standard InChI is InChI=1S/C52H91O11P/c1-4-7-10-13-16-19-21-23-24-26-28-31-34-37-40-43-52(56)63-49(45-59-50(54)41-38-35-32-29-18-15-12-9-6-3)47-61-64(57,58)60-46-48(44-53)62-51(55)42-39-36-33-30-27-25-22-20-17-14-11-8-5-2/h7,10,16,19-20,22-24,28,31,48-49,53H,4-6,8-9,11-15,17-18,21,25-27,29-30,32-47H2,1-3H3,(H,57,58)/b10-7-,19-16-,22-20-,24-23-,31-28-. The van der Waals surface area contributed by atoms with Gasteiger partial charge in [0.25, 0.3) is 0 Å². The predicted octanol–water partition coefficient (Wildman–Crippen LogP) is 14.0. The SMILES string of the molecule is CC/C=C\C/C=C\C/C=C\C/C=C\CCCCC(=O)OC(COC(=O)CCCCCCCCCCC)COP(=O)(O)OCC(CO)OC(=O)CCCCCCC/C=C\CCCCCC. The highest BCUT2D eigenvalue weighted by Gasteiger charge is 2.28. The number of allylic oxidation sites excluding steroid dienone is 10. The Morgan fingerprint density at radius 2 is 0.812 bits per heavy atom. The monoisotopic (exact) mass is 923 g/mol. The zero-order valence-electron chi connectivity index (χ0n) is 40.5. The van der Waals surface area contributed by atoms with Gasteiger partial charge in [-0.1, -0.05) is 171 Å². The molecule has 0 saturated heterocycles. The Balaban J connectivity index is 4.78. The van der Waals surface area contributed by atoms with Crippen LogP contribution >= 0.6 is 7.82 Å². The molecule has 3 atom stereocenters.